The molecule has 0 aromatic heterocycles. The number of benzene rings is 1. The van der Waals surface area contributed by atoms with Gasteiger partial charge in [0.15, 0.2) is 5.60 Å². The third kappa shape index (κ3) is 1.93. The van der Waals surface area contributed by atoms with Crippen LogP contribution in [0.25, 0.3) is 0 Å². The second-order valence-corrected chi connectivity index (χ2v) is 5.65. The van der Waals surface area contributed by atoms with Gasteiger partial charge in [-0.25, -0.2) is 4.79 Å². The van der Waals surface area contributed by atoms with Crippen molar-refractivity contribution in [3.05, 3.63) is 34.9 Å². The highest BCUT2D eigenvalue weighted by atomic mass is 16.4. The molecule has 1 aromatic rings. The van der Waals surface area contributed by atoms with E-state index in [2.05, 4.69) is 13.8 Å². The molecule has 0 radical (unpaired) electrons. The van der Waals surface area contributed by atoms with Gasteiger partial charge in [-0.15, -0.1) is 0 Å². The van der Waals surface area contributed by atoms with Gasteiger partial charge in [0, 0.05) is 0 Å². The molecule has 0 aliphatic heterocycles. The van der Waals surface area contributed by atoms with Gasteiger partial charge in [-0.05, 0) is 42.7 Å². The predicted molar refractivity (Wildman–Crippen MR) is 69.5 cm³/mol. The van der Waals surface area contributed by atoms with Crippen LogP contribution in [0.5, 0.6) is 0 Å². The minimum absolute atomic E-state index is 0.293. The summed E-state index contributed by atoms with van der Waals surface area (Å²) >= 11 is 0. The number of hydrogen-bond donors (Lipinski definition) is 2. The van der Waals surface area contributed by atoms with Crippen LogP contribution < -0.4 is 0 Å². The summed E-state index contributed by atoms with van der Waals surface area (Å²) in [5.41, 5.74) is 0.967. The summed E-state index contributed by atoms with van der Waals surface area (Å²) < 4.78 is 0. The lowest BCUT2D eigenvalue weighted by atomic mass is 9.70. The van der Waals surface area contributed by atoms with Crippen LogP contribution in [0, 0.1) is 12.8 Å². The van der Waals surface area contributed by atoms with E-state index in [0.717, 1.165) is 17.5 Å². The van der Waals surface area contributed by atoms with Gasteiger partial charge in [-0.1, -0.05) is 37.6 Å². The number of carboxylic acid groups (broad SMARTS) is 1. The van der Waals surface area contributed by atoms with Crippen molar-refractivity contribution in [3.8, 4) is 0 Å². The molecule has 0 saturated carbocycles. The minimum atomic E-state index is -1.71. The molecule has 98 valence electrons. The fraction of sp³-hybridized carbons (Fsp3) is 0.533. The van der Waals surface area contributed by atoms with Crippen molar-refractivity contribution in [2.24, 2.45) is 5.92 Å². The Labute approximate surface area is 107 Å². The van der Waals surface area contributed by atoms with Crippen LogP contribution in [0.2, 0.25) is 0 Å². The average Bonchev–Trinajstić information content (AvgIpc) is 2.28. The Morgan fingerprint density at radius 2 is 2.11 bits per heavy atom. The number of aryl methyl sites for hydroxylation is 1. The molecule has 2 rings (SSSR count). The molecular formula is C15H20O3. The van der Waals surface area contributed by atoms with Crippen molar-refractivity contribution in [3.63, 3.8) is 0 Å². The highest BCUT2D eigenvalue weighted by Gasteiger charge is 2.44. The Balaban J connectivity index is 2.60. The van der Waals surface area contributed by atoms with Crippen LogP contribution in [-0.2, 0) is 10.4 Å². The topological polar surface area (TPSA) is 57.5 Å². The maximum atomic E-state index is 11.4. The Morgan fingerprint density at radius 1 is 1.44 bits per heavy atom. The molecule has 0 spiro atoms. The normalized spacial score (nSPS) is 27.1. The first kappa shape index (κ1) is 13.1. The van der Waals surface area contributed by atoms with Crippen molar-refractivity contribution in [1.82, 2.24) is 0 Å². The maximum Gasteiger partial charge on any atom is 0.340 e. The number of rotatable bonds is 2. The second-order valence-electron chi connectivity index (χ2n) is 5.65. The number of carbonyl (C=O) groups is 1. The third-order valence-electron chi connectivity index (χ3n) is 4.03. The molecule has 18 heavy (non-hydrogen) atoms. The van der Waals surface area contributed by atoms with E-state index in [-0.39, 0.29) is 0 Å². The molecule has 0 bridgehead atoms. The fourth-order valence-electron chi connectivity index (χ4n) is 2.93. The van der Waals surface area contributed by atoms with Gasteiger partial charge in [0.2, 0.25) is 0 Å². The third-order valence-corrected chi connectivity index (χ3v) is 4.03. The molecule has 2 N–H and O–H groups in total. The van der Waals surface area contributed by atoms with E-state index in [1.807, 2.05) is 19.1 Å². The number of hydrogen-bond acceptors (Lipinski definition) is 2. The van der Waals surface area contributed by atoms with Gasteiger partial charge < -0.3 is 10.2 Å². The van der Waals surface area contributed by atoms with Gasteiger partial charge in [-0.3, -0.25) is 0 Å². The molecule has 1 aliphatic rings. The Bertz CT molecular complexity index is 479. The summed E-state index contributed by atoms with van der Waals surface area (Å²) in [5, 5.41) is 19.7. The van der Waals surface area contributed by atoms with Gasteiger partial charge in [0.1, 0.15) is 0 Å². The summed E-state index contributed by atoms with van der Waals surface area (Å²) in [6.45, 7) is 6.27. The summed E-state index contributed by atoms with van der Waals surface area (Å²) in [5.74, 6) is -0.363. The number of aliphatic carboxylic acids is 1. The molecule has 1 aliphatic carbocycles. The zero-order valence-corrected chi connectivity index (χ0v) is 11.1. The molecule has 0 fully saturated rings. The molecule has 0 unspecified atom stereocenters. The molecule has 0 amide bonds. The first-order valence-corrected chi connectivity index (χ1v) is 6.43. The van der Waals surface area contributed by atoms with Crippen molar-refractivity contribution in [1.29, 1.82) is 0 Å². The van der Waals surface area contributed by atoms with Crippen molar-refractivity contribution < 1.29 is 15.0 Å². The highest BCUT2D eigenvalue weighted by Crippen LogP contribution is 2.44. The van der Waals surface area contributed by atoms with Crippen LogP contribution in [0.1, 0.15) is 49.3 Å². The zero-order valence-electron chi connectivity index (χ0n) is 11.1. The van der Waals surface area contributed by atoms with Crippen LogP contribution >= 0.6 is 0 Å². The average molecular weight is 248 g/mol. The van der Waals surface area contributed by atoms with Gasteiger partial charge in [-0.2, -0.15) is 0 Å². The van der Waals surface area contributed by atoms with E-state index < -0.39 is 11.6 Å². The fourth-order valence-corrected chi connectivity index (χ4v) is 2.93. The Morgan fingerprint density at radius 3 is 2.67 bits per heavy atom. The smallest absolute Gasteiger partial charge is 0.340 e. The zero-order chi connectivity index (χ0) is 13.5. The Hall–Kier alpha value is -1.35. The second kappa shape index (κ2) is 4.39. The van der Waals surface area contributed by atoms with E-state index in [9.17, 15) is 15.0 Å². The van der Waals surface area contributed by atoms with E-state index in [1.54, 1.807) is 6.07 Å². The lowest BCUT2D eigenvalue weighted by Crippen LogP contribution is -2.40. The largest absolute Gasteiger partial charge is 0.479 e. The minimum Gasteiger partial charge on any atom is -0.479 e. The van der Waals surface area contributed by atoms with Crippen LogP contribution in [0.4, 0.5) is 0 Å². The monoisotopic (exact) mass is 248 g/mol. The van der Waals surface area contributed by atoms with Crippen molar-refractivity contribution in [2.45, 2.75) is 45.1 Å². The van der Waals surface area contributed by atoms with Crippen molar-refractivity contribution >= 4 is 5.97 Å². The Kier molecular flexibility index (Phi) is 3.20. The summed E-state index contributed by atoms with van der Waals surface area (Å²) in [7, 11) is 0. The predicted octanol–water partition coefficient (Wildman–Crippen LogP) is 2.80. The molecule has 1 aromatic carbocycles. The molecular weight excluding hydrogens is 228 g/mol. The van der Waals surface area contributed by atoms with Crippen LogP contribution in [0.3, 0.4) is 0 Å². The lowest BCUT2D eigenvalue weighted by molar-refractivity contribution is -0.161. The quantitative estimate of drug-likeness (QED) is 0.846. The van der Waals surface area contributed by atoms with Gasteiger partial charge in [0.25, 0.3) is 0 Å². The molecule has 3 nitrogen and oxygen atoms in total. The van der Waals surface area contributed by atoms with Crippen LogP contribution in [0.15, 0.2) is 18.2 Å². The maximum absolute atomic E-state index is 11.4. The summed E-state index contributed by atoms with van der Waals surface area (Å²) in [6.07, 6.45) is 1.01. The number of carboxylic acids is 1. The van der Waals surface area contributed by atoms with Gasteiger partial charge in [0.05, 0.1) is 0 Å². The van der Waals surface area contributed by atoms with Gasteiger partial charge >= 0.3 is 5.97 Å². The molecule has 3 heteroatoms. The number of aliphatic hydroxyl groups is 1. The van der Waals surface area contributed by atoms with Crippen LogP contribution in [-0.4, -0.2) is 16.2 Å². The summed E-state index contributed by atoms with van der Waals surface area (Å²) in [4.78, 5) is 11.4. The first-order valence-electron chi connectivity index (χ1n) is 6.43. The SMILES string of the molecule is Cc1ccc2c(c1)[C@H](C(C)C)CC[C@]2(O)C(=O)O. The molecule has 2 atom stereocenters. The standard InChI is InChI=1S/C15H20O3/c1-9(2)11-6-7-15(18,14(16)17)13-5-4-10(3)8-12(11)13/h4-5,8-9,11,18H,6-7H2,1-3H3,(H,16,17)/t11-,15+/m0/s1. The van der Waals surface area contributed by atoms with E-state index in [1.165, 1.54) is 0 Å². The highest BCUT2D eigenvalue weighted by molar-refractivity contribution is 5.80. The summed E-state index contributed by atoms with van der Waals surface area (Å²) in [6, 6.07) is 5.66. The van der Waals surface area contributed by atoms with E-state index in [4.69, 9.17) is 0 Å². The van der Waals surface area contributed by atoms with E-state index >= 15 is 0 Å². The van der Waals surface area contributed by atoms with E-state index in [0.29, 0.717) is 23.8 Å². The van der Waals surface area contributed by atoms with Crippen molar-refractivity contribution in [2.75, 3.05) is 0 Å². The number of fused-ring (bicyclic) bond motifs is 1. The first-order chi connectivity index (χ1) is 8.36. The molecule has 0 saturated heterocycles. The lowest BCUT2D eigenvalue weighted by Gasteiger charge is -2.37. The molecule has 0 heterocycles.